The first-order chi connectivity index (χ1) is 11.8. The average Bonchev–Trinajstić information content (AvgIpc) is 3.11. The van der Waals surface area contributed by atoms with E-state index in [0.717, 1.165) is 24.0 Å². The minimum atomic E-state index is -3.63. The molecule has 0 radical (unpaired) electrons. The van der Waals surface area contributed by atoms with Gasteiger partial charge in [-0.2, -0.15) is 4.31 Å². The highest BCUT2D eigenvalue weighted by Gasteiger charge is 2.63. The topological polar surface area (TPSA) is 63.7 Å². The van der Waals surface area contributed by atoms with Gasteiger partial charge in [-0.05, 0) is 58.1 Å². The molecule has 138 valence electrons. The number of carbonyl (C=O) groups is 1. The van der Waals surface area contributed by atoms with Crippen LogP contribution in [0.5, 0.6) is 0 Å². The molecule has 2 aliphatic rings. The number of hydrogen-bond acceptors (Lipinski definition) is 4. The van der Waals surface area contributed by atoms with E-state index in [-0.39, 0.29) is 18.1 Å². The smallest absolute Gasteiger partial charge is 0.313 e. The first kappa shape index (κ1) is 18.4. The number of nitrogens with zero attached hydrogens (tertiary/aromatic N) is 1. The van der Waals surface area contributed by atoms with Crippen molar-refractivity contribution in [1.82, 2.24) is 4.31 Å². The summed E-state index contributed by atoms with van der Waals surface area (Å²) in [4.78, 5) is 13.0. The molecule has 3 rings (SSSR count). The largest absolute Gasteiger partial charge is 0.466 e. The summed E-state index contributed by atoms with van der Waals surface area (Å²) in [5, 5.41) is 0. The number of aryl methyl sites for hydroxylation is 2. The van der Waals surface area contributed by atoms with Crippen molar-refractivity contribution in [1.29, 1.82) is 0 Å². The van der Waals surface area contributed by atoms with Crippen molar-refractivity contribution < 1.29 is 17.9 Å². The van der Waals surface area contributed by atoms with Crippen LogP contribution < -0.4 is 0 Å². The zero-order chi connectivity index (χ0) is 18.4. The van der Waals surface area contributed by atoms with Gasteiger partial charge in [-0.3, -0.25) is 4.79 Å². The Morgan fingerprint density at radius 2 is 2.00 bits per heavy atom. The predicted molar refractivity (Wildman–Crippen MR) is 95.7 cm³/mol. The highest BCUT2D eigenvalue weighted by molar-refractivity contribution is 7.89. The van der Waals surface area contributed by atoms with Crippen LogP contribution in [0.4, 0.5) is 0 Å². The summed E-state index contributed by atoms with van der Waals surface area (Å²) in [7, 11) is -3.63. The molecule has 0 unspecified atom stereocenters. The predicted octanol–water partition coefficient (Wildman–Crippen LogP) is 3.19. The maximum atomic E-state index is 13.4. The molecule has 1 aromatic carbocycles. The van der Waals surface area contributed by atoms with E-state index in [1.807, 2.05) is 32.9 Å². The van der Waals surface area contributed by atoms with Crippen LogP contribution in [0.3, 0.4) is 0 Å². The van der Waals surface area contributed by atoms with Gasteiger partial charge in [0.25, 0.3) is 0 Å². The van der Waals surface area contributed by atoms with Gasteiger partial charge in [0.1, 0.15) is 0 Å². The Bertz CT molecular complexity index is 789. The number of ether oxygens (including phenoxy) is 1. The fourth-order valence-corrected chi connectivity index (χ4v) is 6.86. The normalized spacial score (nSPS) is 29.1. The third kappa shape index (κ3) is 2.70. The lowest BCUT2D eigenvalue weighted by Gasteiger charge is -2.34. The minimum absolute atomic E-state index is 0.111. The monoisotopic (exact) mass is 365 g/mol. The standard InChI is InChI=1S/C19H27NO4S/c1-5-19(18(21)24-6-2)12-15-8-10-17(19)20(15)25(22,23)16-9-7-13(3)11-14(16)4/h7,9,11,15,17H,5-6,8,10,12H2,1-4H3/t15-,17+,19+/m0/s1. The third-order valence-electron chi connectivity index (χ3n) is 5.88. The average molecular weight is 365 g/mol. The van der Waals surface area contributed by atoms with E-state index in [4.69, 9.17) is 4.74 Å². The molecule has 0 amide bonds. The molecule has 0 N–H and O–H groups in total. The zero-order valence-electron chi connectivity index (χ0n) is 15.4. The Morgan fingerprint density at radius 3 is 2.60 bits per heavy atom. The lowest BCUT2D eigenvalue weighted by Crippen LogP contribution is -2.45. The van der Waals surface area contributed by atoms with Crippen LogP contribution in [0.1, 0.15) is 50.7 Å². The van der Waals surface area contributed by atoms with E-state index in [1.54, 1.807) is 17.3 Å². The van der Waals surface area contributed by atoms with E-state index in [2.05, 4.69) is 0 Å². The van der Waals surface area contributed by atoms with Gasteiger partial charge in [0.15, 0.2) is 0 Å². The summed E-state index contributed by atoms with van der Waals surface area (Å²) in [6.07, 6.45) is 2.71. The van der Waals surface area contributed by atoms with Gasteiger partial charge in [0.05, 0.1) is 16.9 Å². The number of benzene rings is 1. The second kappa shape index (κ2) is 6.40. The number of hydrogen-bond donors (Lipinski definition) is 0. The fourth-order valence-electron chi connectivity index (χ4n) is 4.71. The number of fused-ring (bicyclic) bond motifs is 2. The molecule has 3 atom stereocenters. The van der Waals surface area contributed by atoms with Crippen molar-refractivity contribution in [2.24, 2.45) is 5.41 Å². The lowest BCUT2D eigenvalue weighted by atomic mass is 9.72. The highest BCUT2D eigenvalue weighted by Crippen LogP contribution is 2.54. The van der Waals surface area contributed by atoms with Gasteiger partial charge in [-0.1, -0.05) is 24.6 Å². The van der Waals surface area contributed by atoms with Crippen molar-refractivity contribution in [3.8, 4) is 0 Å². The molecule has 0 aliphatic carbocycles. The first-order valence-electron chi connectivity index (χ1n) is 9.06. The van der Waals surface area contributed by atoms with Crippen LogP contribution >= 0.6 is 0 Å². The van der Waals surface area contributed by atoms with E-state index in [9.17, 15) is 13.2 Å². The van der Waals surface area contributed by atoms with Crippen LogP contribution in [0.15, 0.2) is 23.1 Å². The van der Waals surface area contributed by atoms with Crippen molar-refractivity contribution in [2.45, 2.75) is 70.4 Å². The summed E-state index contributed by atoms with van der Waals surface area (Å²) in [5.41, 5.74) is 1.09. The third-order valence-corrected chi connectivity index (χ3v) is 8.00. The molecule has 1 aromatic rings. The van der Waals surface area contributed by atoms with Crippen molar-refractivity contribution >= 4 is 16.0 Å². The summed E-state index contributed by atoms with van der Waals surface area (Å²) >= 11 is 0. The van der Waals surface area contributed by atoms with Crippen molar-refractivity contribution in [3.05, 3.63) is 29.3 Å². The molecule has 2 aliphatic heterocycles. The Kier molecular flexibility index (Phi) is 4.71. The quantitative estimate of drug-likeness (QED) is 0.752. The molecule has 2 heterocycles. The summed E-state index contributed by atoms with van der Waals surface area (Å²) in [6, 6.07) is 5.00. The van der Waals surface area contributed by atoms with Crippen LogP contribution in [0.25, 0.3) is 0 Å². The van der Waals surface area contributed by atoms with Crippen molar-refractivity contribution in [2.75, 3.05) is 6.61 Å². The Balaban J connectivity index is 2.02. The van der Waals surface area contributed by atoms with E-state index in [0.29, 0.717) is 24.3 Å². The Labute approximate surface area is 150 Å². The fraction of sp³-hybridized carbons (Fsp3) is 0.632. The zero-order valence-corrected chi connectivity index (χ0v) is 16.2. The number of sulfonamides is 1. The van der Waals surface area contributed by atoms with Gasteiger partial charge >= 0.3 is 5.97 Å². The number of esters is 1. The molecule has 0 aromatic heterocycles. The molecule has 2 saturated heterocycles. The SMILES string of the molecule is CCOC(=O)[C@]1(CC)C[C@@H]2CC[C@H]1N2S(=O)(=O)c1ccc(C)cc1C. The van der Waals surface area contributed by atoms with Crippen LogP contribution in [0.2, 0.25) is 0 Å². The molecule has 0 spiro atoms. The van der Waals surface area contributed by atoms with Crippen molar-refractivity contribution in [3.63, 3.8) is 0 Å². The second-order valence-electron chi connectivity index (χ2n) is 7.29. The molecule has 6 heteroatoms. The van der Waals surface area contributed by atoms with Crippen LogP contribution in [-0.4, -0.2) is 37.4 Å². The molecule has 25 heavy (non-hydrogen) atoms. The molecule has 0 saturated carbocycles. The Hall–Kier alpha value is -1.40. The van der Waals surface area contributed by atoms with Gasteiger partial charge in [0, 0.05) is 12.1 Å². The number of rotatable bonds is 5. The molecule has 2 fully saturated rings. The number of carbonyl (C=O) groups excluding carboxylic acids is 1. The summed E-state index contributed by atoms with van der Waals surface area (Å²) < 4.78 is 33.7. The second-order valence-corrected chi connectivity index (χ2v) is 9.10. The molecular weight excluding hydrogens is 338 g/mol. The molecule has 2 bridgehead atoms. The maximum Gasteiger partial charge on any atom is 0.313 e. The van der Waals surface area contributed by atoms with Crippen LogP contribution in [0, 0.1) is 19.3 Å². The maximum absolute atomic E-state index is 13.4. The summed E-state index contributed by atoms with van der Waals surface area (Å²) in [5.74, 6) is -0.245. The Morgan fingerprint density at radius 1 is 1.28 bits per heavy atom. The van der Waals surface area contributed by atoms with E-state index < -0.39 is 15.4 Å². The molecule has 5 nitrogen and oxygen atoms in total. The molecular formula is C19H27NO4S. The first-order valence-corrected chi connectivity index (χ1v) is 10.5. The van der Waals surface area contributed by atoms with Crippen LogP contribution in [-0.2, 0) is 19.6 Å². The minimum Gasteiger partial charge on any atom is -0.466 e. The van der Waals surface area contributed by atoms with Gasteiger partial charge in [-0.15, -0.1) is 0 Å². The van der Waals surface area contributed by atoms with Gasteiger partial charge in [-0.25, -0.2) is 8.42 Å². The van der Waals surface area contributed by atoms with E-state index in [1.165, 1.54) is 0 Å². The summed E-state index contributed by atoms with van der Waals surface area (Å²) in [6.45, 7) is 7.85. The van der Waals surface area contributed by atoms with Gasteiger partial charge < -0.3 is 4.74 Å². The highest BCUT2D eigenvalue weighted by atomic mass is 32.2. The van der Waals surface area contributed by atoms with E-state index >= 15 is 0 Å². The lowest BCUT2D eigenvalue weighted by molar-refractivity contribution is -0.157. The van der Waals surface area contributed by atoms with Gasteiger partial charge in [0.2, 0.25) is 10.0 Å².